The van der Waals surface area contributed by atoms with Crippen LogP contribution in [0.3, 0.4) is 0 Å². The SMILES string of the molecule is CCCCCCCC(=O)OC(CO)COCCCCCCCCCCCCCCCC[18F]. The van der Waals surface area contributed by atoms with Gasteiger partial charge >= 0.3 is 5.97 Å². The maximum absolute atomic E-state index is 12.0. The van der Waals surface area contributed by atoms with Crippen molar-refractivity contribution in [2.75, 3.05) is 26.5 Å². The van der Waals surface area contributed by atoms with Gasteiger partial charge < -0.3 is 14.6 Å². The summed E-state index contributed by atoms with van der Waals surface area (Å²) >= 11 is 0. The van der Waals surface area contributed by atoms with Gasteiger partial charge in [0.1, 0.15) is 6.10 Å². The highest BCUT2D eigenvalue weighted by Gasteiger charge is 2.13. The molecule has 1 N–H and O–H groups in total. The maximum Gasteiger partial charge on any atom is 0.306 e. The molecule has 32 heavy (non-hydrogen) atoms. The van der Waals surface area contributed by atoms with Gasteiger partial charge in [-0.3, -0.25) is 9.18 Å². The highest BCUT2D eigenvalue weighted by Crippen LogP contribution is 2.13. The van der Waals surface area contributed by atoms with Crippen molar-refractivity contribution in [1.29, 1.82) is 0 Å². The van der Waals surface area contributed by atoms with Crippen LogP contribution in [0.2, 0.25) is 0 Å². The van der Waals surface area contributed by atoms with Gasteiger partial charge in [-0.2, -0.15) is 0 Å². The van der Waals surface area contributed by atoms with E-state index in [2.05, 4.69) is 6.92 Å². The summed E-state index contributed by atoms with van der Waals surface area (Å²) in [6, 6.07) is 0. The maximum atomic E-state index is 12.0. The van der Waals surface area contributed by atoms with E-state index in [-0.39, 0.29) is 25.9 Å². The van der Waals surface area contributed by atoms with Crippen molar-refractivity contribution in [1.82, 2.24) is 0 Å². The molecule has 0 aliphatic heterocycles. The number of carbonyl (C=O) groups is 1. The van der Waals surface area contributed by atoms with Gasteiger partial charge in [0, 0.05) is 13.0 Å². The molecule has 192 valence electrons. The Morgan fingerprint density at radius 1 is 0.719 bits per heavy atom. The number of hydrogen-bond acceptors (Lipinski definition) is 4. The topological polar surface area (TPSA) is 55.8 Å². The summed E-state index contributed by atoms with van der Waals surface area (Å²) in [5.74, 6) is -0.224. The molecule has 1 unspecified atom stereocenters. The number of ether oxygens (including phenoxy) is 2. The van der Waals surface area contributed by atoms with Crippen LogP contribution in [0.15, 0.2) is 0 Å². The second-order valence-corrected chi connectivity index (χ2v) is 9.17. The molecule has 5 heteroatoms. The van der Waals surface area contributed by atoms with Crippen LogP contribution in [-0.2, 0) is 14.3 Å². The van der Waals surface area contributed by atoms with Gasteiger partial charge in [0.15, 0.2) is 0 Å². The van der Waals surface area contributed by atoms with Gasteiger partial charge in [-0.15, -0.1) is 0 Å². The van der Waals surface area contributed by atoms with Crippen LogP contribution in [0, 0.1) is 0 Å². The van der Waals surface area contributed by atoms with Gasteiger partial charge in [-0.1, -0.05) is 110 Å². The number of esters is 1. The van der Waals surface area contributed by atoms with Crippen molar-refractivity contribution >= 4 is 5.97 Å². The minimum Gasteiger partial charge on any atom is -0.457 e. The Bertz CT molecular complexity index is 379. The quantitative estimate of drug-likeness (QED) is 0.106. The molecule has 0 saturated heterocycles. The largest absolute Gasteiger partial charge is 0.457 e. The molecule has 4 nitrogen and oxygen atoms in total. The van der Waals surface area contributed by atoms with Crippen molar-refractivity contribution in [2.24, 2.45) is 0 Å². The molecule has 0 fully saturated rings. The smallest absolute Gasteiger partial charge is 0.306 e. The summed E-state index contributed by atoms with van der Waals surface area (Å²) in [5.41, 5.74) is 0. The second-order valence-electron chi connectivity index (χ2n) is 9.17. The van der Waals surface area contributed by atoms with Gasteiger partial charge in [0.25, 0.3) is 0 Å². The monoisotopic (exact) mass is 459 g/mol. The third-order valence-electron chi connectivity index (χ3n) is 5.96. The summed E-state index contributed by atoms with van der Waals surface area (Å²) in [7, 11) is 0. The third-order valence-corrected chi connectivity index (χ3v) is 5.96. The van der Waals surface area contributed by atoms with Crippen molar-refractivity contribution < 1.29 is 23.8 Å². The average molecular weight is 460 g/mol. The first kappa shape index (κ1) is 31.3. The van der Waals surface area contributed by atoms with Gasteiger partial charge in [-0.25, -0.2) is 0 Å². The normalized spacial score (nSPS) is 12.2. The minimum atomic E-state index is -0.534. The lowest BCUT2D eigenvalue weighted by Crippen LogP contribution is -2.27. The van der Waals surface area contributed by atoms with Crippen molar-refractivity contribution in [3.05, 3.63) is 0 Å². The van der Waals surface area contributed by atoms with Crippen LogP contribution in [0.5, 0.6) is 0 Å². The molecular formula is C27H53FO4. The van der Waals surface area contributed by atoms with Gasteiger partial charge in [-0.05, 0) is 19.3 Å². The summed E-state index contributed by atoms with van der Waals surface area (Å²) < 4.78 is 22.9. The summed E-state index contributed by atoms with van der Waals surface area (Å²) in [6.07, 6.45) is 22.3. The second kappa shape index (κ2) is 26.6. The lowest BCUT2D eigenvalue weighted by Gasteiger charge is -2.15. The predicted octanol–water partition coefficient (Wildman–Crippen LogP) is 7.70. The molecule has 0 aromatic heterocycles. The Kier molecular flexibility index (Phi) is 26.0. The zero-order valence-electron chi connectivity index (χ0n) is 21.1. The number of alkyl halides is 1. The highest BCUT2D eigenvalue weighted by molar-refractivity contribution is 5.69. The molecule has 0 aromatic carbocycles. The number of hydrogen-bond donors (Lipinski definition) is 1. The van der Waals surface area contributed by atoms with E-state index in [1.165, 1.54) is 89.9 Å². The molecule has 0 aliphatic rings. The van der Waals surface area contributed by atoms with Crippen LogP contribution in [0.4, 0.5) is 4.39 Å². The van der Waals surface area contributed by atoms with Crippen LogP contribution in [0.25, 0.3) is 0 Å². The molecule has 0 spiro atoms. The number of aliphatic hydroxyl groups excluding tert-OH is 1. The van der Waals surface area contributed by atoms with Crippen LogP contribution in [0.1, 0.15) is 135 Å². The molecule has 1 atom stereocenters. The molecule has 0 aliphatic carbocycles. The van der Waals surface area contributed by atoms with Crippen LogP contribution < -0.4 is 0 Å². The van der Waals surface area contributed by atoms with E-state index >= 15 is 0 Å². The van der Waals surface area contributed by atoms with Crippen molar-refractivity contribution in [3.63, 3.8) is 0 Å². The number of rotatable bonds is 26. The summed E-state index contributed by atoms with van der Waals surface area (Å²) in [4.78, 5) is 11.8. The fourth-order valence-corrected chi connectivity index (χ4v) is 3.88. The first-order chi connectivity index (χ1) is 15.7. The predicted molar refractivity (Wildman–Crippen MR) is 132 cm³/mol. The highest BCUT2D eigenvalue weighted by atomic mass is 18.2. The number of halogens is 1. The van der Waals surface area contributed by atoms with Crippen LogP contribution >= 0.6 is 0 Å². The Morgan fingerprint density at radius 2 is 1.19 bits per heavy atom. The number of aliphatic hydroxyl groups is 1. The fourth-order valence-electron chi connectivity index (χ4n) is 3.88. The molecule has 0 rings (SSSR count). The van der Waals surface area contributed by atoms with E-state index in [4.69, 9.17) is 9.47 Å². The van der Waals surface area contributed by atoms with E-state index in [0.717, 1.165) is 32.1 Å². The molecular weight excluding hydrogens is 406 g/mol. The van der Waals surface area contributed by atoms with Gasteiger partial charge in [0.2, 0.25) is 0 Å². The summed E-state index contributed by atoms with van der Waals surface area (Å²) in [5, 5.41) is 9.38. The lowest BCUT2D eigenvalue weighted by molar-refractivity contribution is -0.154. The molecule has 0 saturated carbocycles. The zero-order chi connectivity index (χ0) is 23.5. The number of carbonyl (C=O) groups excluding carboxylic acids is 1. The Hall–Kier alpha value is -0.680. The minimum absolute atomic E-state index is 0.159. The van der Waals surface area contributed by atoms with E-state index in [1.54, 1.807) is 0 Å². The van der Waals surface area contributed by atoms with E-state index in [0.29, 0.717) is 13.0 Å². The standard InChI is InChI=1S/C27H53FO4/c1-2-3-4-15-18-21-27(30)32-26(24-29)25-31-23-20-17-14-12-10-8-6-5-7-9-11-13-16-19-22-28/h26,29H,2-25H2,1H3/i28-1. The lowest BCUT2D eigenvalue weighted by atomic mass is 10.0. The number of unbranched alkanes of at least 4 members (excludes halogenated alkanes) is 17. The van der Waals surface area contributed by atoms with Crippen molar-refractivity contribution in [2.45, 2.75) is 141 Å². The Labute approximate surface area is 198 Å². The zero-order valence-corrected chi connectivity index (χ0v) is 21.1. The first-order valence-corrected chi connectivity index (χ1v) is 13.7. The summed E-state index contributed by atoms with van der Waals surface area (Å²) in [6.45, 7) is 2.78. The molecule has 0 bridgehead atoms. The van der Waals surface area contributed by atoms with Crippen LogP contribution in [-0.4, -0.2) is 43.7 Å². The molecule has 0 amide bonds. The van der Waals surface area contributed by atoms with E-state index < -0.39 is 6.10 Å². The van der Waals surface area contributed by atoms with E-state index in [9.17, 15) is 14.3 Å². The van der Waals surface area contributed by atoms with Gasteiger partial charge in [0.05, 0.1) is 19.9 Å². The first-order valence-electron chi connectivity index (χ1n) is 13.7. The Balaban J connectivity index is 3.34. The fraction of sp³-hybridized carbons (Fsp3) is 0.963. The molecule has 0 heterocycles. The van der Waals surface area contributed by atoms with E-state index in [1.807, 2.05) is 0 Å². The molecule has 0 radical (unpaired) electrons. The molecule has 0 aromatic rings. The Morgan fingerprint density at radius 3 is 1.69 bits per heavy atom. The third kappa shape index (κ3) is 24.0. The average Bonchev–Trinajstić information content (AvgIpc) is 2.80. The van der Waals surface area contributed by atoms with Crippen molar-refractivity contribution in [3.8, 4) is 0 Å².